The molecule has 2 heterocycles. The Morgan fingerprint density at radius 1 is 1.16 bits per heavy atom. The number of amides is 1. The van der Waals surface area contributed by atoms with Gasteiger partial charge in [-0.15, -0.1) is 11.8 Å². The normalized spacial score (nSPS) is 18.5. The standard InChI is InChI=1S/C23H24N2O4S2/c26-13-10-21(19-11-14-29-16-19)24-22(27)23-25(12-15-30-23)31(28)20-8-6-18(7-9-20)17-4-2-1-3-5-17/h1-9,11,14,16,21,23,26H,10,12-13,15H2,(H,24,27). The van der Waals surface area contributed by atoms with Crippen molar-refractivity contribution in [3.05, 3.63) is 78.8 Å². The number of hydrogen-bond acceptors (Lipinski definition) is 5. The molecule has 1 aromatic heterocycles. The van der Waals surface area contributed by atoms with E-state index in [9.17, 15) is 14.1 Å². The summed E-state index contributed by atoms with van der Waals surface area (Å²) in [4.78, 5) is 13.7. The summed E-state index contributed by atoms with van der Waals surface area (Å²) in [6.07, 6.45) is 3.48. The first-order valence-electron chi connectivity index (χ1n) is 10.1. The molecule has 1 aliphatic rings. The van der Waals surface area contributed by atoms with E-state index in [1.54, 1.807) is 16.6 Å². The Hall–Kier alpha value is -2.39. The Morgan fingerprint density at radius 3 is 2.58 bits per heavy atom. The van der Waals surface area contributed by atoms with Crippen LogP contribution in [0.3, 0.4) is 0 Å². The van der Waals surface area contributed by atoms with Gasteiger partial charge in [0.25, 0.3) is 0 Å². The highest BCUT2D eigenvalue weighted by Gasteiger charge is 2.36. The Balaban J connectivity index is 1.46. The van der Waals surface area contributed by atoms with Crippen LogP contribution in [0.4, 0.5) is 0 Å². The lowest BCUT2D eigenvalue weighted by molar-refractivity contribution is -0.122. The summed E-state index contributed by atoms with van der Waals surface area (Å²) in [6.45, 7) is 0.503. The molecule has 1 aliphatic heterocycles. The number of thioether (sulfide) groups is 1. The molecule has 1 amide bonds. The molecular formula is C23H24N2O4S2. The van der Waals surface area contributed by atoms with Crippen molar-refractivity contribution in [2.75, 3.05) is 18.9 Å². The number of nitrogens with zero attached hydrogens (tertiary/aromatic N) is 1. The van der Waals surface area contributed by atoms with Crippen LogP contribution in [0, 0.1) is 0 Å². The molecule has 8 heteroatoms. The van der Waals surface area contributed by atoms with E-state index in [4.69, 9.17) is 4.42 Å². The van der Waals surface area contributed by atoms with E-state index >= 15 is 0 Å². The van der Waals surface area contributed by atoms with Crippen molar-refractivity contribution < 1.29 is 18.5 Å². The molecule has 6 nitrogen and oxygen atoms in total. The van der Waals surface area contributed by atoms with Crippen LogP contribution < -0.4 is 5.32 Å². The maximum Gasteiger partial charge on any atom is 0.249 e. The predicted octanol–water partition coefficient (Wildman–Crippen LogP) is 3.58. The van der Waals surface area contributed by atoms with Crippen LogP contribution in [0.5, 0.6) is 0 Å². The lowest BCUT2D eigenvalue weighted by Crippen LogP contribution is -2.44. The van der Waals surface area contributed by atoms with E-state index in [0.717, 1.165) is 22.4 Å². The summed E-state index contributed by atoms with van der Waals surface area (Å²) in [5, 5.41) is 11.8. The molecule has 2 N–H and O–H groups in total. The Bertz CT molecular complexity index is 1010. The maximum atomic E-state index is 13.2. The van der Waals surface area contributed by atoms with Crippen LogP contribution in [0.15, 0.2) is 82.5 Å². The molecule has 0 aliphatic carbocycles. The number of rotatable bonds is 8. The van der Waals surface area contributed by atoms with Gasteiger partial charge in [-0.25, -0.2) is 4.21 Å². The van der Waals surface area contributed by atoms with Crippen LogP contribution in [-0.2, 0) is 15.8 Å². The van der Waals surface area contributed by atoms with Crippen molar-refractivity contribution >= 4 is 28.7 Å². The number of aliphatic hydroxyl groups excluding tert-OH is 1. The molecular weight excluding hydrogens is 432 g/mol. The molecule has 4 rings (SSSR count). The third-order valence-electron chi connectivity index (χ3n) is 5.13. The molecule has 31 heavy (non-hydrogen) atoms. The topological polar surface area (TPSA) is 82.8 Å². The summed E-state index contributed by atoms with van der Waals surface area (Å²) >= 11 is 1.47. The summed E-state index contributed by atoms with van der Waals surface area (Å²) in [7, 11) is -1.45. The van der Waals surface area contributed by atoms with Crippen molar-refractivity contribution in [3.8, 4) is 11.1 Å². The number of carbonyl (C=O) groups is 1. The van der Waals surface area contributed by atoms with E-state index in [0.29, 0.717) is 17.9 Å². The van der Waals surface area contributed by atoms with Crippen molar-refractivity contribution in [2.24, 2.45) is 0 Å². The van der Waals surface area contributed by atoms with Gasteiger partial charge in [-0.1, -0.05) is 42.5 Å². The molecule has 0 bridgehead atoms. The van der Waals surface area contributed by atoms with Gasteiger partial charge >= 0.3 is 0 Å². The van der Waals surface area contributed by atoms with E-state index in [-0.39, 0.29) is 18.6 Å². The average molecular weight is 457 g/mol. The molecule has 3 atom stereocenters. The predicted molar refractivity (Wildman–Crippen MR) is 123 cm³/mol. The van der Waals surface area contributed by atoms with Crippen LogP contribution in [0.25, 0.3) is 11.1 Å². The van der Waals surface area contributed by atoms with Gasteiger partial charge in [0.2, 0.25) is 5.91 Å². The second kappa shape index (κ2) is 10.3. The van der Waals surface area contributed by atoms with Gasteiger partial charge in [0.05, 0.1) is 23.5 Å². The van der Waals surface area contributed by atoms with Gasteiger partial charge in [0.1, 0.15) is 16.4 Å². The second-order valence-electron chi connectivity index (χ2n) is 7.13. The molecule has 2 aromatic carbocycles. The lowest BCUT2D eigenvalue weighted by Gasteiger charge is -2.24. The Labute approximate surface area is 188 Å². The number of aliphatic hydroxyl groups is 1. The number of hydrogen-bond donors (Lipinski definition) is 2. The molecule has 0 spiro atoms. The van der Waals surface area contributed by atoms with Crippen LogP contribution in [0.2, 0.25) is 0 Å². The summed E-state index contributed by atoms with van der Waals surface area (Å²) < 4.78 is 20.1. The van der Waals surface area contributed by atoms with Gasteiger partial charge in [-0.3, -0.25) is 4.79 Å². The quantitative estimate of drug-likeness (QED) is 0.541. The molecule has 0 radical (unpaired) electrons. The van der Waals surface area contributed by atoms with Crippen LogP contribution >= 0.6 is 11.8 Å². The Kier molecular flexibility index (Phi) is 7.24. The van der Waals surface area contributed by atoms with Crippen molar-refractivity contribution in [1.82, 2.24) is 9.62 Å². The van der Waals surface area contributed by atoms with Gasteiger partial charge in [-0.05, 0) is 35.7 Å². The molecule has 3 unspecified atom stereocenters. The van der Waals surface area contributed by atoms with E-state index in [2.05, 4.69) is 5.32 Å². The first-order valence-corrected chi connectivity index (χ1v) is 12.2. The average Bonchev–Trinajstić information content (AvgIpc) is 3.51. The molecule has 1 saturated heterocycles. The third kappa shape index (κ3) is 5.10. The number of carbonyl (C=O) groups excluding carboxylic acids is 1. The number of furan rings is 1. The minimum Gasteiger partial charge on any atom is -0.472 e. The SMILES string of the molecule is O=C(NC(CCO)c1ccoc1)C1SCCN1S(=O)c1ccc(-c2ccccc2)cc1. The van der Waals surface area contributed by atoms with Crippen molar-refractivity contribution in [3.63, 3.8) is 0 Å². The zero-order valence-electron chi connectivity index (χ0n) is 16.8. The molecule has 3 aromatic rings. The first kappa shape index (κ1) is 21.8. The highest BCUT2D eigenvalue weighted by atomic mass is 32.2. The number of benzene rings is 2. The minimum atomic E-state index is -1.45. The fourth-order valence-electron chi connectivity index (χ4n) is 3.53. The molecule has 162 valence electrons. The smallest absolute Gasteiger partial charge is 0.249 e. The largest absolute Gasteiger partial charge is 0.472 e. The van der Waals surface area contributed by atoms with Gasteiger partial charge in [0.15, 0.2) is 0 Å². The Morgan fingerprint density at radius 2 is 1.90 bits per heavy atom. The van der Waals surface area contributed by atoms with Gasteiger partial charge < -0.3 is 14.8 Å². The first-order chi connectivity index (χ1) is 15.2. The van der Waals surface area contributed by atoms with Gasteiger partial charge in [0, 0.05) is 24.5 Å². The molecule has 0 saturated carbocycles. The fraction of sp³-hybridized carbons (Fsp3) is 0.261. The fourth-order valence-corrected chi connectivity index (χ4v) is 6.24. The summed E-state index contributed by atoms with van der Waals surface area (Å²) in [6, 6.07) is 19.1. The third-order valence-corrected chi connectivity index (χ3v) is 7.96. The minimum absolute atomic E-state index is 0.0582. The summed E-state index contributed by atoms with van der Waals surface area (Å²) in [5.74, 6) is 0.513. The van der Waals surface area contributed by atoms with Gasteiger partial charge in [-0.2, -0.15) is 4.31 Å². The molecule has 1 fully saturated rings. The lowest BCUT2D eigenvalue weighted by atomic mass is 10.1. The summed E-state index contributed by atoms with van der Waals surface area (Å²) in [5.41, 5.74) is 2.95. The van der Waals surface area contributed by atoms with Crippen LogP contribution in [-0.4, -0.2) is 43.8 Å². The van der Waals surface area contributed by atoms with E-state index in [1.165, 1.54) is 18.0 Å². The highest BCUT2D eigenvalue weighted by Crippen LogP contribution is 2.30. The van der Waals surface area contributed by atoms with E-state index < -0.39 is 16.4 Å². The van der Waals surface area contributed by atoms with Crippen LogP contribution in [0.1, 0.15) is 18.0 Å². The highest BCUT2D eigenvalue weighted by molar-refractivity contribution is 8.01. The monoisotopic (exact) mass is 456 g/mol. The number of nitrogens with one attached hydrogen (secondary N) is 1. The van der Waals surface area contributed by atoms with Crippen molar-refractivity contribution in [1.29, 1.82) is 0 Å². The van der Waals surface area contributed by atoms with Crippen molar-refractivity contribution in [2.45, 2.75) is 22.7 Å². The second-order valence-corrected chi connectivity index (χ2v) is 9.76. The van der Waals surface area contributed by atoms with E-state index in [1.807, 2.05) is 54.6 Å². The zero-order valence-corrected chi connectivity index (χ0v) is 18.5. The zero-order chi connectivity index (χ0) is 21.6. The maximum absolute atomic E-state index is 13.2.